The summed E-state index contributed by atoms with van der Waals surface area (Å²) < 4.78 is 5.73. The van der Waals surface area contributed by atoms with Gasteiger partial charge < -0.3 is 20.3 Å². The number of carbonyl (C=O) groups is 1. The molecule has 2 amide bonds. The van der Waals surface area contributed by atoms with Crippen LogP contribution in [0.25, 0.3) is 0 Å². The Labute approximate surface area is 161 Å². The van der Waals surface area contributed by atoms with Gasteiger partial charge in [-0.25, -0.2) is 4.79 Å². The summed E-state index contributed by atoms with van der Waals surface area (Å²) in [7, 11) is 0. The van der Waals surface area contributed by atoms with Crippen LogP contribution in [0.1, 0.15) is 30.4 Å². The summed E-state index contributed by atoms with van der Waals surface area (Å²) in [5, 5.41) is 5.69. The largest absolute Gasteiger partial charge is 0.491 e. The molecule has 0 unspecified atom stereocenters. The highest BCUT2D eigenvalue weighted by atomic mass is 16.5. The third-order valence-electron chi connectivity index (χ3n) is 4.82. The Morgan fingerprint density at radius 3 is 2.48 bits per heavy atom. The predicted octanol–water partition coefficient (Wildman–Crippen LogP) is 4.49. The molecule has 1 aliphatic rings. The fourth-order valence-electron chi connectivity index (χ4n) is 3.37. The van der Waals surface area contributed by atoms with Gasteiger partial charge in [-0.2, -0.15) is 0 Å². The first kappa shape index (κ1) is 19.1. The second-order valence-electron chi connectivity index (χ2n) is 7.09. The second-order valence-corrected chi connectivity index (χ2v) is 7.09. The first-order valence-corrected chi connectivity index (χ1v) is 9.72. The van der Waals surface area contributed by atoms with Gasteiger partial charge in [-0.1, -0.05) is 17.7 Å². The van der Waals surface area contributed by atoms with Crippen LogP contribution in [0.4, 0.5) is 16.2 Å². The quantitative estimate of drug-likeness (QED) is 0.740. The van der Waals surface area contributed by atoms with Gasteiger partial charge in [-0.05, 0) is 69.0 Å². The maximum atomic E-state index is 12.0. The van der Waals surface area contributed by atoms with Crippen molar-refractivity contribution >= 4 is 17.4 Å². The van der Waals surface area contributed by atoms with Crippen LogP contribution in [-0.4, -0.2) is 32.3 Å². The Morgan fingerprint density at radius 2 is 1.78 bits per heavy atom. The minimum Gasteiger partial charge on any atom is -0.491 e. The van der Waals surface area contributed by atoms with Crippen molar-refractivity contribution < 1.29 is 9.53 Å². The maximum absolute atomic E-state index is 12.0. The fraction of sp³-hybridized carbons (Fsp3) is 0.409. The minimum atomic E-state index is -0.218. The smallest absolute Gasteiger partial charge is 0.319 e. The number of nitrogens with zero attached hydrogens (tertiary/aromatic N) is 1. The Kier molecular flexibility index (Phi) is 6.58. The Bertz CT molecular complexity index is 753. The molecule has 2 aromatic rings. The summed E-state index contributed by atoms with van der Waals surface area (Å²) >= 11 is 0. The molecule has 0 spiro atoms. The zero-order valence-corrected chi connectivity index (χ0v) is 16.3. The molecule has 144 valence electrons. The monoisotopic (exact) mass is 367 g/mol. The molecule has 0 atom stereocenters. The first-order chi connectivity index (χ1) is 13.1. The van der Waals surface area contributed by atoms with Gasteiger partial charge in [0.2, 0.25) is 0 Å². The fourth-order valence-corrected chi connectivity index (χ4v) is 3.37. The van der Waals surface area contributed by atoms with Gasteiger partial charge in [0.15, 0.2) is 0 Å². The van der Waals surface area contributed by atoms with E-state index in [0.29, 0.717) is 13.2 Å². The van der Waals surface area contributed by atoms with E-state index in [9.17, 15) is 4.79 Å². The molecule has 0 aliphatic carbocycles. The van der Waals surface area contributed by atoms with Gasteiger partial charge in [0, 0.05) is 24.5 Å². The molecular weight excluding hydrogens is 338 g/mol. The minimum absolute atomic E-state index is 0.218. The van der Waals surface area contributed by atoms with Crippen LogP contribution < -0.4 is 20.3 Å². The lowest BCUT2D eigenvalue weighted by Crippen LogP contribution is -2.32. The Morgan fingerprint density at radius 1 is 1.04 bits per heavy atom. The summed E-state index contributed by atoms with van der Waals surface area (Å²) in [6.07, 6.45) is 3.84. The Hall–Kier alpha value is -2.69. The van der Waals surface area contributed by atoms with E-state index in [1.54, 1.807) is 0 Å². The van der Waals surface area contributed by atoms with Crippen LogP contribution in [-0.2, 0) is 0 Å². The normalized spacial score (nSPS) is 13.9. The molecule has 5 heteroatoms. The molecule has 1 aliphatic heterocycles. The molecule has 2 N–H and O–H groups in total. The molecule has 5 nitrogen and oxygen atoms in total. The predicted molar refractivity (Wildman–Crippen MR) is 111 cm³/mol. The van der Waals surface area contributed by atoms with E-state index in [4.69, 9.17) is 4.74 Å². The standard InChI is InChI=1S/C22H29N3O2/c1-17-6-11-21(18(2)16-17)27-15-12-23-22(26)24-19-7-9-20(10-8-19)25-13-4-3-5-14-25/h6-11,16H,3-5,12-15H2,1-2H3,(H2,23,24,26). The van der Waals surface area contributed by atoms with E-state index >= 15 is 0 Å². The molecule has 1 fully saturated rings. The van der Waals surface area contributed by atoms with Crippen molar-refractivity contribution in [3.8, 4) is 5.75 Å². The van der Waals surface area contributed by atoms with Crippen LogP contribution in [0, 0.1) is 13.8 Å². The molecule has 2 aromatic carbocycles. The van der Waals surface area contributed by atoms with Crippen LogP contribution >= 0.6 is 0 Å². The van der Waals surface area contributed by atoms with E-state index < -0.39 is 0 Å². The second kappa shape index (κ2) is 9.31. The SMILES string of the molecule is Cc1ccc(OCCNC(=O)Nc2ccc(N3CCCCC3)cc2)c(C)c1. The number of ether oxygens (including phenoxy) is 1. The number of piperidine rings is 1. The number of amides is 2. The number of urea groups is 1. The summed E-state index contributed by atoms with van der Waals surface area (Å²) in [5.74, 6) is 0.858. The molecule has 0 saturated carbocycles. The third kappa shape index (κ3) is 5.64. The summed E-state index contributed by atoms with van der Waals surface area (Å²) in [6.45, 7) is 7.20. The lowest BCUT2D eigenvalue weighted by Gasteiger charge is -2.28. The molecule has 0 bridgehead atoms. The van der Waals surface area contributed by atoms with Gasteiger partial charge in [-0.15, -0.1) is 0 Å². The average Bonchev–Trinajstić information content (AvgIpc) is 2.68. The van der Waals surface area contributed by atoms with E-state index in [1.807, 2.05) is 31.2 Å². The van der Waals surface area contributed by atoms with Crippen molar-refractivity contribution in [2.24, 2.45) is 0 Å². The summed E-state index contributed by atoms with van der Waals surface area (Å²) in [4.78, 5) is 14.4. The van der Waals surface area contributed by atoms with Crippen molar-refractivity contribution in [3.63, 3.8) is 0 Å². The van der Waals surface area contributed by atoms with Crippen molar-refractivity contribution in [2.45, 2.75) is 33.1 Å². The van der Waals surface area contributed by atoms with Crippen LogP contribution in [0.5, 0.6) is 5.75 Å². The lowest BCUT2D eigenvalue weighted by molar-refractivity contribution is 0.247. The zero-order valence-electron chi connectivity index (χ0n) is 16.3. The van der Waals surface area contributed by atoms with Gasteiger partial charge in [0.05, 0.1) is 6.54 Å². The van der Waals surface area contributed by atoms with Gasteiger partial charge >= 0.3 is 6.03 Å². The number of rotatable bonds is 6. The summed E-state index contributed by atoms with van der Waals surface area (Å²) in [5.41, 5.74) is 4.34. The number of hydrogen-bond donors (Lipinski definition) is 2. The number of carbonyl (C=O) groups excluding carboxylic acids is 1. The zero-order chi connectivity index (χ0) is 19.1. The molecule has 27 heavy (non-hydrogen) atoms. The van der Waals surface area contributed by atoms with Crippen LogP contribution in [0.3, 0.4) is 0 Å². The van der Waals surface area contributed by atoms with Crippen molar-refractivity contribution in [2.75, 3.05) is 36.5 Å². The van der Waals surface area contributed by atoms with E-state index in [1.165, 1.54) is 30.5 Å². The number of hydrogen-bond acceptors (Lipinski definition) is 3. The molecule has 3 rings (SSSR count). The Balaban J connectivity index is 1.40. The van der Waals surface area contributed by atoms with Crippen LogP contribution in [0.2, 0.25) is 0 Å². The molecular formula is C22H29N3O2. The highest BCUT2D eigenvalue weighted by molar-refractivity contribution is 5.89. The molecule has 1 saturated heterocycles. The van der Waals surface area contributed by atoms with Crippen molar-refractivity contribution in [1.82, 2.24) is 5.32 Å². The highest BCUT2D eigenvalue weighted by Gasteiger charge is 2.10. The average molecular weight is 367 g/mol. The van der Waals surface area contributed by atoms with Gasteiger partial charge in [0.1, 0.15) is 12.4 Å². The third-order valence-corrected chi connectivity index (χ3v) is 4.82. The maximum Gasteiger partial charge on any atom is 0.319 e. The van der Waals surface area contributed by atoms with Crippen molar-refractivity contribution in [1.29, 1.82) is 0 Å². The number of aryl methyl sites for hydroxylation is 2. The lowest BCUT2D eigenvalue weighted by atomic mass is 10.1. The number of anilines is 2. The molecule has 0 aromatic heterocycles. The van der Waals surface area contributed by atoms with Gasteiger partial charge in [-0.3, -0.25) is 0 Å². The topological polar surface area (TPSA) is 53.6 Å². The summed E-state index contributed by atoms with van der Waals surface area (Å²) in [6, 6.07) is 13.9. The highest BCUT2D eigenvalue weighted by Crippen LogP contribution is 2.22. The number of benzene rings is 2. The molecule has 1 heterocycles. The first-order valence-electron chi connectivity index (χ1n) is 9.72. The van der Waals surface area contributed by atoms with Crippen molar-refractivity contribution in [3.05, 3.63) is 53.6 Å². The van der Waals surface area contributed by atoms with E-state index in [0.717, 1.165) is 30.1 Å². The van der Waals surface area contributed by atoms with Gasteiger partial charge in [0.25, 0.3) is 0 Å². The van der Waals surface area contributed by atoms with Crippen LogP contribution in [0.15, 0.2) is 42.5 Å². The number of nitrogens with one attached hydrogen (secondary N) is 2. The van der Waals surface area contributed by atoms with E-state index in [-0.39, 0.29) is 6.03 Å². The van der Waals surface area contributed by atoms with E-state index in [2.05, 4.69) is 40.7 Å². The molecule has 0 radical (unpaired) electrons.